The molecule has 94 valence electrons. The summed E-state index contributed by atoms with van der Waals surface area (Å²) in [5.74, 6) is -0.345. The van der Waals surface area contributed by atoms with Crippen LogP contribution in [0.2, 0.25) is 15.1 Å². The van der Waals surface area contributed by atoms with Crippen LogP contribution in [0.1, 0.15) is 5.56 Å². The van der Waals surface area contributed by atoms with Crippen molar-refractivity contribution in [2.75, 3.05) is 0 Å². The number of rotatable bonds is 2. The van der Waals surface area contributed by atoms with E-state index in [0.717, 1.165) is 0 Å². The molecule has 0 aromatic heterocycles. The summed E-state index contributed by atoms with van der Waals surface area (Å²) in [6.45, 7) is 0.114. The van der Waals surface area contributed by atoms with Crippen LogP contribution in [0.5, 0.6) is 0 Å². The summed E-state index contributed by atoms with van der Waals surface area (Å²) in [6, 6.07) is 7.77. The third kappa shape index (κ3) is 2.62. The Morgan fingerprint density at radius 2 is 1.61 bits per heavy atom. The second kappa shape index (κ2) is 5.45. The van der Waals surface area contributed by atoms with Crippen LogP contribution < -0.4 is 5.73 Å². The normalized spacial score (nSPS) is 10.7. The standard InChI is InChI=1S/C13H9Cl3FN/c14-9-4-10(15)13(11(16)5-9)7-1-2-12(17)8(3-7)6-18/h1-5H,6,18H2. The third-order valence-corrected chi connectivity index (χ3v) is 3.38. The van der Waals surface area contributed by atoms with E-state index in [1.165, 1.54) is 6.07 Å². The molecule has 0 heterocycles. The van der Waals surface area contributed by atoms with E-state index < -0.39 is 0 Å². The Kier molecular flexibility index (Phi) is 4.13. The molecule has 18 heavy (non-hydrogen) atoms. The van der Waals surface area contributed by atoms with Crippen molar-refractivity contribution in [2.45, 2.75) is 6.54 Å². The molecule has 0 fully saturated rings. The predicted octanol–water partition coefficient (Wildman–Crippen LogP) is 4.91. The van der Waals surface area contributed by atoms with Gasteiger partial charge in [0.25, 0.3) is 0 Å². The van der Waals surface area contributed by atoms with Gasteiger partial charge in [0.15, 0.2) is 0 Å². The quantitative estimate of drug-likeness (QED) is 0.838. The SMILES string of the molecule is NCc1cc(-c2c(Cl)cc(Cl)cc2Cl)ccc1F. The predicted molar refractivity (Wildman–Crippen MR) is 74.8 cm³/mol. The first-order chi connectivity index (χ1) is 8.52. The van der Waals surface area contributed by atoms with Gasteiger partial charge in [-0.15, -0.1) is 0 Å². The van der Waals surface area contributed by atoms with Gasteiger partial charge < -0.3 is 5.73 Å². The Morgan fingerprint density at radius 3 is 2.17 bits per heavy atom. The number of benzene rings is 2. The summed E-state index contributed by atoms with van der Waals surface area (Å²) < 4.78 is 13.4. The molecule has 0 aliphatic carbocycles. The van der Waals surface area contributed by atoms with Crippen LogP contribution in [0, 0.1) is 5.82 Å². The molecular weight excluding hydrogens is 296 g/mol. The maximum absolute atomic E-state index is 13.4. The van der Waals surface area contributed by atoms with Crippen LogP contribution in [0.3, 0.4) is 0 Å². The van der Waals surface area contributed by atoms with Crippen molar-refractivity contribution in [1.82, 2.24) is 0 Å². The van der Waals surface area contributed by atoms with Crippen molar-refractivity contribution in [3.05, 3.63) is 56.8 Å². The molecule has 0 bridgehead atoms. The Morgan fingerprint density at radius 1 is 1.00 bits per heavy atom. The highest BCUT2D eigenvalue weighted by Gasteiger charge is 2.12. The zero-order valence-corrected chi connectivity index (χ0v) is 11.5. The third-order valence-electron chi connectivity index (χ3n) is 2.56. The number of hydrogen-bond donors (Lipinski definition) is 1. The zero-order valence-electron chi connectivity index (χ0n) is 9.18. The van der Waals surface area contributed by atoms with E-state index in [9.17, 15) is 4.39 Å². The molecule has 0 saturated carbocycles. The fourth-order valence-corrected chi connectivity index (χ4v) is 2.74. The van der Waals surface area contributed by atoms with E-state index >= 15 is 0 Å². The van der Waals surface area contributed by atoms with Gasteiger partial charge >= 0.3 is 0 Å². The fourth-order valence-electron chi connectivity index (χ4n) is 1.70. The number of halogens is 4. The molecule has 0 spiro atoms. The first-order valence-electron chi connectivity index (χ1n) is 5.16. The van der Waals surface area contributed by atoms with E-state index in [4.69, 9.17) is 40.5 Å². The molecule has 0 saturated heterocycles. The monoisotopic (exact) mass is 303 g/mol. The molecule has 5 heteroatoms. The first kappa shape index (κ1) is 13.6. The highest BCUT2D eigenvalue weighted by Crippen LogP contribution is 2.37. The van der Waals surface area contributed by atoms with Gasteiger partial charge in [0.2, 0.25) is 0 Å². The summed E-state index contributed by atoms with van der Waals surface area (Å²) in [5, 5.41) is 1.29. The van der Waals surface area contributed by atoms with E-state index in [2.05, 4.69) is 0 Å². The molecule has 1 nitrogen and oxygen atoms in total. The number of hydrogen-bond acceptors (Lipinski definition) is 1. The smallest absolute Gasteiger partial charge is 0.127 e. The van der Waals surface area contributed by atoms with Gasteiger partial charge in [-0.2, -0.15) is 0 Å². The summed E-state index contributed by atoms with van der Waals surface area (Å²) in [5.41, 5.74) is 7.22. The minimum atomic E-state index is -0.345. The van der Waals surface area contributed by atoms with Crippen LogP contribution in [0.25, 0.3) is 11.1 Å². The average Bonchev–Trinajstić information content (AvgIpc) is 2.30. The van der Waals surface area contributed by atoms with Crippen molar-refractivity contribution in [1.29, 1.82) is 0 Å². The van der Waals surface area contributed by atoms with Gasteiger partial charge in [0.1, 0.15) is 5.82 Å². The zero-order chi connectivity index (χ0) is 13.3. The van der Waals surface area contributed by atoms with Gasteiger partial charge in [-0.3, -0.25) is 0 Å². The molecule has 2 N–H and O–H groups in total. The average molecular weight is 305 g/mol. The Bertz CT molecular complexity index is 576. The molecule has 2 aromatic rings. The lowest BCUT2D eigenvalue weighted by molar-refractivity contribution is 0.611. The van der Waals surface area contributed by atoms with E-state index in [1.54, 1.807) is 24.3 Å². The van der Waals surface area contributed by atoms with Gasteiger partial charge in [-0.05, 0) is 29.8 Å². The lowest BCUT2D eigenvalue weighted by atomic mass is 10.0. The molecule has 0 aliphatic rings. The fraction of sp³-hybridized carbons (Fsp3) is 0.0769. The van der Waals surface area contributed by atoms with Crippen molar-refractivity contribution in [3.8, 4) is 11.1 Å². The largest absolute Gasteiger partial charge is 0.326 e. The van der Waals surface area contributed by atoms with Crippen LogP contribution >= 0.6 is 34.8 Å². The summed E-state index contributed by atoms with van der Waals surface area (Å²) in [4.78, 5) is 0. The van der Waals surface area contributed by atoms with Crippen LogP contribution in [-0.2, 0) is 6.54 Å². The molecular formula is C13H9Cl3FN. The van der Waals surface area contributed by atoms with Crippen LogP contribution in [0.4, 0.5) is 4.39 Å². The molecule has 0 radical (unpaired) electrons. The Hall–Kier alpha value is -0.800. The van der Waals surface area contributed by atoms with E-state index in [1.807, 2.05) is 0 Å². The molecule has 2 aromatic carbocycles. The Balaban J connectivity index is 2.62. The second-order valence-corrected chi connectivity index (χ2v) is 5.01. The maximum atomic E-state index is 13.4. The topological polar surface area (TPSA) is 26.0 Å². The highest BCUT2D eigenvalue weighted by atomic mass is 35.5. The molecule has 2 rings (SSSR count). The van der Waals surface area contributed by atoms with E-state index in [0.29, 0.717) is 31.8 Å². The van der Waals surface area contributed by atoms with Crippen molar-refractivity contribution < 1.29 is 4.39 Å². The number of nitrogens with two attached hydrogens (primary N) is 1. The molecule has 0 aliphatic heterocycles. The van der Waals surface area contributed by atoms with Gasteiger partial charge in [0.05, 0.1) is 10.0 Å². The summed E-state index contributed by atoms with van der Waals surface area (Å²) in [6.07, 6.45) is 0. The van der Waals surface area contributed by atoms with Gasteiger partial charge in [-0.25, -0.2) is 4.39 Å². The lowest BCUT2D eigenvalue weighted by Crippen LogP contribution is -2.00. The molecule has 0 amide bonds. The van der Waals surface area contributed by atoms with E-state index in [-0.39, 0.29) is 12.4 Å². The first-order valence-corrected chi connectivity index (χ1v) is 6.29. The summed E-state index contributed by atoms with van der Waals surface area (Å²) >= 11 is 18.1. The van der Waals surface area contributed by atoms with Gasteiger partial charge in [-0.1, -0.05) is 40.9 Å². The highest BCUT2D eigenvalue weighted by molar-refractivity contribution is 6.41. The lowest BCUT2D eigenvalue weighted by Gasteiger charge is -2.10. The Labute approximate surface area is 119 Å². The van der Waals surface area contributed by atoms with Crippen molar-refractivity contribution >= 4 is 34.8 Å². The summed E-state index contributed by atoms with van der Waals surface area (Å²) in [7, 11) is 0. The second-order valence-electron chi connectivity index (χ2n) is 3.75. The van der Waals surface area contributed by atoms with Crippen molar-refractivity contribution in [3.63, 3.8) is 0 Å². The molecule has 0 unspecified atom stereocenters. The minimum Gasteiger partial charge on any atom is -0.326 e. The van der Waals surface area contributed by atoms with Crippen LogP contribution in [-0.4, -0.2) is 0 Å². The van der Waals surface area contributed by atoms with Crippen LogP contribution in [0.15, 0.2) is 30.3 Å². The van der Waals surface area contributed by atoms with Gasteiger partial charge in [0, 0.05) is 22.7 Å². The maximum Gasteiger partial charge on any atom is 0.127 e. The minimum absolute atomic E-state index is 0.114. The molecule has 0 atom stereocenters. The van der Waals surface area contributed by atoms with Crippen molar-refractivity contribution in [2.24, 2.45) is 5.73 Å².